The number of hydrogen-bond donors (Lipinski definition) is 1. The van der Waals surface area contributed by atoms with Crippen LogP contribution in [0.3, 0.4) is 0 Å². The molecule has 0 radical (unpaired) electrons. The van der Waals surface area contributed by atoms with Crippen LogP contribution in [0.2, 0.25) is 5.02 Å². The standard InChI is InChI=1S/C15H16ClFN2OS/c1-9(2)8-12(15-18-6-7-21-15)19-14(20)13-10(16)4-3-5-11(13)17/h3-7,9,12H,8H2,1-2H3,(H,19,20). The molecule has 0 aliphatic carbocycles. The van der Waals surface area contributed by atoms with Gasteiger partial charge in [0.05, 0.1) is 16.6 Å². The molecule has 1 N–H and O–H groups in total. The summed E-state index contributed by atoms with van der Waals surface area (Å²) in [6, 6.07) is 3.95. The first-order chi connectivity index (χ1) is 9.99. The zero-order valence-corrected chi connectivity index (χ0v) is 13.3. The Morgan fingerprint density at radius 2 is 2.24 bits per heavy atom. The van der Waals surface area contributed by atoms with Crippen molar-refractivity contribution in [2.75, 3.05) is 0 Å². The van der Waals surface area contributed by atoms with Gasteiger partial charge in [-0.05, 0) is 24.5 Å². The van der Waals surface area contributed by atoms with Crippen molar-refractivity contribution in [3.05, 3.63) is 51.2 Å². The maximum atomic E-state index is 13.8. The molecule has 1 amide bonds. The number of nitrogens with zero attached hydrogens (tertiary/aromatic N) is 1. The predicted molar refractivity (Wildman–Crippen MR) is 83.2 cm³/mol. The van der Waals surface area contributed by atoms with E-state index in [9.17, 15) is 9.18 Å². The molecule has 0 aliphatic heterocycles. The molecule has 21 heavy (non-hydrogen) atoms. The lowest BCUT2D eigenvalue weighted by Crippen LogP contribution is -2.30. The number of rotatable bonds is 5. The monoisotopic (exact) mass is 326 g/mol. The third-order valence-corrected chi connectivity index (χ3v) is 4.16. The van der Waals surface area contributed by atoms with Gasteiger partial charge in [-0.2, -0.15) is 0 Å². The second kappa shape index (κ2) is 7.00. The highest BCUT2D eigenvalue weighted by Crippen LogP contribution is 2.25. The van der Waals surface area contributed by atoms with Crippen LogP contribution in [0.4, 0.5) is 4.39 Å². The van der Waals surface area contributed by atoms with Crippen molar-refractivity contribution in [1.82, 2.24) is 10.3 Å². The first-order valence-corrected chi connectivity index (χ1v) is 7.89. The second-order valence-corrected chi connectivity index (χ2v) is 6.46. The molecule has 0 fully saturated rings. The summed E-state index contributed by atoms with van der Waals surface area (Å²) in [6.07, 6.45) is 2.42. The average molecular weight is 327 g/mol. The van der Waals surface area contributed by atoms with Crippen molar-refractivity contribution >= 4 is 28.8 Å². The molecule has 0 bridgehead atoms. The lowest BCUT2D eigenvalue weighted by molar-refractivity contribution is 0.0928. The van der Waals surface area contributed by atoms with E-state index in [1.54, 1.807) is 6.20 Å². The van der Waals surface area contributed by atoms with E-state index in [-0.39, 0.29) is 16.6 Å². The molecule has 1 unspecified atom stereocenters. The number of amides is 1. The highest BCUT2D eigenvalue weighted by Gasteiger charge is 2.22. The van der Waals surface area contributed by atoms with Gasteiger partial charge in [-0.25, -0.2) is 9.37 Å². The Balaban J connectivity index is 2.22. The zero-order valence-electron chi connectivity index (χ0n) is 11.8. The van der Waals surface area contributed by atoms with Gasteiger partial charge < -0.3 is 5.32 Å². The van der Waals surface area contributed by atoms with Crippen molar-refractivity contribution in [1.29, 1.82) is 0 Å². The van der Waals surface area contributed by atoms with Crippen molar-refractivity contribution in [3.8, 4) is 0 Å². The van der Waals surface area contributed by atoms with Gasteiger partial charge in [0.1, 0.15) is 10.8 Å². The van der Waals surface area contributed by atoms with E-state index >= 15 is 0 Å². The lowest BCUT2D eigenvalue weighted by atomic mass is 10.0. The minimum absolute atomic E-state index is 0.106. The Kier molecular flexibility index (Phi) is 5.31. The summed E-state index contributed by atoms with van der Waals surface area (Å²) in [4.78, 5) is 16.6. The number of benzene rings is 1. The lowest BCUT2D eigenvalue weighted by Gasteiger charge is -2.19. The average Bonchev–Trinajstić information content (AvgIpc) is 2.90. The third-order valence-electron chi connectivity index (χ3n) is 2.95. The fraction of sp³-hybridized carbons (Fsp3) is 0.333. The molecule has 1 aromatic heterocycles. The SMILES string of the molecule is CC(C)CC(NC(=O)c1c(F)cccc1Cl)c1nccs1. The van der Waals surface area contributed by atoms with Gasteiger partial charge in [-0.15, -0.1) is 11.3 Å². The normalized spacial score (nSPS) is 12.4. The third kappa shape index (κ3) is 4.02. The van der Waals surface area contributed by atoms with Crippen LogP contribution >= 0.6 is 22.9 Å². The summed E-state index contributed by atoms with van der Waals surface area (Å²) in [5.41, 5.74) is -0.121. The first kappa shape index (κ1) is 15.9. The summed E-state index contributed by atoms with van der Waals surface area (Å²) in [5.74, 6) is -0.767. The number of carbonyl (C=O) groups excluding carboxylic acids is 1. The molecular formula is C15H16ClFN2OS. The van der Waals surface area contributed by atoms with Gasteiger partial charge in [0.25, 0.3) is 5.91 Å². The molecule has 0 aliphatic rings. The van der Waals surface area contributed by atoms with Crippen LogP contribution in [0, 0.1) is 11.7 Å². The second-order valence-electron chi connectivity index (χ2n) is 5.12. The summed E-state index contributed by atoms with van der Waals surface area (Å²) in [7, 11) is 0. The van der Waals surface area contributed by atoms with Crippen LogP contribution in [0.25, 0.3) is 0 Å². The smallest absolute Gasteiger partial charge is 0.256 e. The summed E-state index contributed by atoms with van der Waals surface area (Å²) in [6.45, 7) is 4.12. The molecule has 112 valence electrons. The molecule has 2 aromatic rings. The van der Waals surface area contributed by atoms with Gasteiger partial charge in [-0.1, -0.05) is 31.5 Å². The van der Waals surface area contributed by atoms with Gasteiger partial charge >= 0.3 is 0 Å². The molecule has 6 heteroatoms. The maximum Gasteiger partial charge on any atom is 0.256 e. The van der Waals surface area contributed by atoms with E-state index in [0.717, 1.165) is 11.4 Å². The fourth-order valence-electron chi connectivity index (χ4n) is 2.04. The molecule has 0 spiro atoms. The number of nitrogens with one attached hydrogen (secondary N) is 1. The summed E-state index contributed by atoms with van der Waals surface area (Å²) < 4.78 is 13.8. The van der Waals surface area contributed by atoms with Gasteiger partial charge in [0.2, 0.25) is 0 Å². The van der Waals surface area contributed by atoms with Crippen LogP contribution in [-0.4, -0.2) is 10.9 Å². The minimum Gasteiger partial charge on any atom is -0.343 e. The molecule has 1 heterocycles. The van der Waals surface area contributed by atoms with E-state index < -0.39 is 11.7 Å². The molecule has 1 atom stereocenters. The Labute approximate surface area is 132 Å². The Morgan fingerprint density at radius 3 is 2.81 bits per heavy atom. The highest BCUT2D eigenvalue weighted by molar-refractivity contribution is 7.09. The Bertz CT molecular complexity index is 596. The van der Waals surface area contributed by atoms with E-state index in [4.69, 9.17) is 11.6 Å². The van der Waals surface area contributed by atoms with Crippen LogP contribution < -0.4 is 5.32 Å². The van der Waals surface area contributed by atoms with Crippen molar-refractivity contribution < 1.29 is 9.18 Å². The molecule has 3 nitrogen and oxygen atoms in total. The van der Waals surface area contributed by atoms with Crippen molar-refractivity contribution in [3.63, 3.8) is 0 Å². The van der Waals surface area contributed by atoms with E-state index in [2.05, 4.69) is 24.1 Å². The quantitative estimate of drug-likeness (QED) is 0.881. The fourth-order valence-corrected chi connectivity index (χ4v) is 3.00. The number of halogens is 2. The molecule has 0 saturated carbocycles. The van der Waals surface area contributed by atoms with Crippen molar-refractivity contribution in [2.24, 2.45) is 5.92 Å². The van der Waals surface area contributed by atoms with Gasteiger partial charge in [0, 0.05) is 11.6 Å². The number of hydrogen-bond acceptors (Lipinski definition) is 3. The highest BCUT2D eigenvalue weighted by atomic mass is 35.5. The van der Waals surface area contributed by atoms with Crippen LogP contribution in [0.1, 0.15) is 41.7 Å². The number of aromatic nitrogens is 1. The first-order valence-electron chi connectivity index (χ1n) is 6.63. The molecule has 1 aromatic carbocycles. The van der Waals surface area contributed by atoms with Crippen molar-refractivity contribution in [2.45, 2.75) is 26.3 Å². The predicted octanol–water partition coefficient (Wildman–Crippen LogP) is 4.45. The van der Waals surface area contributed by atoms with Crippen LogP contribution in [-0.2, 0) is 0 Å². The Hall–Kier alpha value is -1.46. The maximum absolute atomic E-state index is 13.8. The number of carbonyl (C=O) groups is 1. The van der Waals surface area contributed by atoms with Crippen LogP contribution in [0.15, 0.2) is 29.8 Å². The van der Waals surface area contributed by atoms with Gasteiger partial charge in [-0.3, -0.25) is 4.79 Å². The Morgan fingerprint density at radius 1 is 1.48 bits per heavy atom. The topological polar surface area (TPSA) is 42.0 Å². The van der Waals surface area contributed by atoms with E-state index in [0.29, 0.717) is 5.92 Å². The summed E-state index contributed by atoms with van der Waals surface area (Å²) >= 11 is 7.39. The molecule has 0 saturated heterocycles. The summed E-state index contributed by atoms with van der Waals surface area (Å²) in [5, 5.41) is 5.60. The molecule has 2 rings (SSSR count). The largest absolute Gasteiger partial charge is 0.343 e. The number of thiazole rings is 1. The van der Waals surface area contributed by atoms with E-state index in [1.807, 2.05) is 5.38 Å². The van der Waals surface area contributed by atoms with E-state index in [1.165, 1.54) is 29.5 Å². The molecular weight excluding hydrogens is 311 g/mol. The zero-order chi connectivity index (χ0) is 15.4. The van der Waals surface area contributed by atoms with Gasteiger partial charge in [0.15, 0.2) is 0 Å². The van der Waals surface area contributed by atoms with Crippen LogP contribution in [0.5, 0.6) is 0 Å². The minimum atomic E-state index is -0.623.